The van der Waals surface area contributed by atoms with Gasteiger partial charge in [0, 0.05) is 13.5 Å². The van der Waals surface area contributed by atoms with Gasteiger partial charge < -0.3 is 4.74 Å². The monoisotopic (exact) mass is 282 g/mol. The number of carbonyl (C=O) groups excluding carboxylic acids is 1. The topological polar surface area (TPSA) is 26.3 Å². The Morgan fingerprint density at radius 1 is 1.15 bits per heavy atom. The molecular formula is C18H34O2. The quantitative estimate of drug-likeness (QED) is 0.518. The van der Waals surface area contributed by atoms with Crippen molar-refractivity contribution in [3.63, 3.8) is 0 Å². The molecule has 0 bridgehead atoms. The summed E-state index contributed by atoms with van der Waals surface area (Å²) in [5.74, 6) is 0.964. The molecule has 1 fully saturated rings. The molecule has 0 saturated heterocycles. The third kappa shape index (κ3) is 4.87. The van der Waals surface area contributed by atoms with E-state index in [-0.39, 0.29) is 5.41 Å². The van der Waals surface area contributed by atoms with Gasteiger partial charge in [-0.2, -0.15) is 0 Å². The lowest BCUT2D eigenvalue weighted by atomic mass is 9.64. The average Bonchev–Trinajstić information content (AvgIpc) is 2.45. The second kappa shape index (κ2) is 9.55. The second-order valence-corrected chi connectivity index (χ2v) is 6.68. The molecule has 1 saturated carbocycles. The maximum atomic E-state index is 12.7. The number of hydrogen-bond acceptors (Lipinski definition) is 2. The molecule has 0 amide bonds. The summed E-state index contributed by atoms with van der Waals surface area (Å²) in [4.78, 5) is 12.7. The molecule has 2 unspecified atom stereocenters. The maximum absolute atomic E-state index is 12.7. The van der Waals surface area contributed by atoms with E-state index in [1.165, 1.54) is 51.4 Å². The number of methoxy groups -OCH3 is 1. The average molecular weight is 282 g/mol. The van der Waals surface area contributed by atoms with Crippen molar-refractivity contribution in [1.82, 2.24) is 0 Å². The Kier molecular flexibility index (Phi) is 8.44. The van der Waals surface area contributed by atoms with Crippen LogP contribution in [0.25, 0.3) is 0 Å². The molecule has 0 radical (unpaired) electrons. The molecule has 20 heavy (non-hydrogen) atoms. The lowest BCUT2D eigenvalue weighted by Gasteiger charge is -2.41. The standard InChI is InChI=1S/C18H34O2/c1-4-5-6-7-8-9-13-17(19)18(15-20-3)14-11-10-12-16(18)2/h16H,4-15H2,1-3H3. The molecule has 118 valence electrons. The van der Waals surface area contributed by atoms with Gasteiger partial charge >= 0.3 is 0 Å². The summed E-state index contributed by atoms with van der Waals surface area (Å²) in [6.45, 7) is 5.11. The van der Waals surface area contributed by atoms with Crippen molar-refractivity contribution in [1.29, 1.82) is 0 Å². The highest BCUT2D eigenvalue weighted by Gasteiger charge is 2.43. The number of carbonyl (C=O) groups is 1. The van der Waals surface area contributed by atoms with Gasteiger partial charge in [0.25, 0.3) is 0 Å². The minimum Gasteiger partial charge on any atom is -0.384 e. The van der Waals surface area contributed by atoms with E-state index in [9.17, 15) is 4.79 Å². The van der Waals surface area contributed by atoms with E-state index in [4.69, 9.17) is 4.74 Å². The molecule has 2 heteroatoms. The van der Waals surface area contributed by atoms with Gasteiger partial charge in [-0.05, 0) is 25.2 Å². The zero-order valence-electron chi connectivity index (χ0n) is 13.9. The Balaban J connectivity index is 2.40. The molecule has 0 N–H and O–H groups in total. The lowest BCUT2D eigenvalue weighted by molar-refractivity contribution is -0.138. The van der Waals surface area contributed by atoms with E-state index >= 15 is 0 Å². The Morgan fingerprint density at radius 2 is 1.85 bits per heavy atom. The van der Waals surface area contributed by atoms with Crippen molar-refractivity contribution in [3.8, 4) is 0 Å². The summed E-state index contributed by atoms with van der Waals surface area (Å²) in [5, 5.41) is 0. The van der Waals surface area contributed by atoms with Gasteiger partial charge in [-0.3, -0.25) is 4.79 Å². The third-order valence-corrected chi connectivity index (χ3v) is 5.17. The second-order valence-electron chi connectivity index (χ2n) is 6.68. The third-order valence-electron chi connectivity index (χ3n) is 5.17. The Bertz CT molecular complexity index is 271. The number of hydrogen-bond donors (Lipinski definition) is 0. The van der Waals surface area contributed by atoms with Crippen LogP contribution in [0.4, 0.5) is 0 Å². The zero-order chi connectivity index (χ0) is 14.8. The molecule has 2 atom stereocenters. The van der Waals surface area contributed by atoms with Crippen molar-refractivity contribution >= 4 is 5.78 Å². The van der Waals surface area contributed by atoms with Crippen LogP contribution in [-0.2, 0) is 9.53 Å². The van der Waals surface area contributed by atoms with Crippen LogP contribution in [0.15, 0.2) is 0 Å². The highest BCUT2D eigenvalue weighted by atomic mass is 16.5. The van der Waals surface area contributed by atoms with Crippen molar-refractivity contribution in [2.24, 2.45) is 11.3 Å². The molecule has 0 aliphatic heterocycles. The summed E-state index contributed by atoms with van der Waals surface area (Å²) in [5.41, 5.74) is -0.170. The molecule has 0 spiro atoms. The van der Waals surface area contributed by atoms with Crippen LogP contribution in [0.1, 0.15) is 84.5 Å². The summed E-state index contributed by atoms with van der Waals surface area (Å²) < 4.78 is 5.41. The van der Waals surface area contributed by atoms with Crippen molar-refractivity contribution < 1.29 is 9.53 Å². The molecule has 1 aliphatic rings. The van der Waals surface area contributed by atoms with Gasteiger partial charge in [0.1, 0.15) is 5.78 Å². The summed E-state index contributed by atoms with van der Waals surface area (Å²) in [7, 11) is 1.74. The number of unbranched alkanes of at least 4 members (excludes halogenated alkanes) is 5. The molecule has 0 aromatic rings. The normalized spacial score (nSPS) is 26.6. The van der Waals surface area contributed by atoms with Crippen LogP contribution in [0, 0.1) is 11.3 Å². The van der Waals surface area contributed by atoms with Crippen LogP contribution >= 0.6 is 0 Å². The Hall–Kier alpha value is -0.370. The van der Waals surface area contributed by atoms with Gasteiger partial charge in [0.15, 0.2) is 0 Å². The Labute approximate surface area is 125 Å². The van der Waals surface area contributed by atoms with Crippen LogP contribution < -0.4 is 0 Å². The molecular weight excluding hydrogens is 248 g/mol. The van der Waals surface area contributed by atoms with Gasteiger partial charge in [0.2, 0.25) is 0 Å². The van der Waals surface area contributed by atoms with Crippen LogP contribution in [-0.4, -0.2) is 19.5 Å². The SMILES string of the molecule is CCCCCCCCC(=O)C1(COC)CCCCC1C. The van der Waals surface area contributed by atoms with Crippen LogP contribution in [0.5, 0.6) is 0 Å². The molecule has 1 aliphatic carbocycles. The molecule has 0 aromatic heterocycles. The number of rotatable bonds is 10. The highest BCUT2D eigenvalue weighted by Crippen LogP contribution is 2.43. The molecule has 0 aromatic carbocycles. The smallest absolute Gasteiger partial charge is 0.141 e. The summed E-state index contributed by atoms with van der Waals surface area (Å²) >= 11 is 0. The fourth-order valence-electron chi connectivity index (χ4n) is 3.70. The van der Waals surface area contributed by atoms with Gasteiger partial charge in [0.05, 0.1) is 12.0 Å². The minimum absolute atomic E-state index is 0.170. The maximum Gasteiger partial charge on any atom is 0.141 e. The number of ketones is 1. The van der Waals surface area contributed by atoms with E-state index in [1.54, 1.807) is 7.11 Å². The summed E-state index contributed by atoms with van der Waals surface area (Å²) in [6.07, 6.45) is 13.0. The Morgan fingerprint density at radius 3 is 2.50 bits per heavy atom. The first kappa shape index (κ1) is 17.7. The lowest BCUT2D eigenvalue weighted by Crippen LogP contribution is -2.43. The summed E-state index contributed by atoms with van der Waals surface area (Å²) in [6, 6.07) is 0. The predicted octanol–water partition coefficient (Wildman–Crippen LogP) is 5.15. The van der Waals surface area contributed by atoms with E-state index in [2.05, 4.69) is 13.8 Å². The largest absolute Gasteiger partial charge is 0.384 e. The van der Waals surface area contributed by atoms with E-state index in [0.29, 0.717) is 18.3 Å². The molecule has 2 nitrogen and oxygen atoms in total. The van der Waals surface area contributed by atoms with E-state index in [0.717, 1.165) is 19.3 Å². The first-order valence-corrected chi connectivity index (χ1v) is 8.69. The zero-order valence-corrected chi connectivity index (χ0v) is 13.9. The van der Waals surface area contributed by atoms with Crippen LogP contribution in [0.2, 0.25) is 0 Å². The fourth-order valence-corrected chi connectivity index (χ4v) is 3.70. The first-order valence-electron chi connectivity index (χ1n) is 8.69. The number of ether oxygens (including phenoxy) is 1. The van der Waals surface area contributed by atoms with Gasteiger partial charge in [-0.15, -0.1) is 0 Å². The van der Waals surface area contributed by atoms with Crippen LogP contribution in [0.3, 0.4) is 0 Å². The van der Waals surface area contributed by atoms with E-state index in [1.807, 2.05) is 0 Å². The van der Waals surface area contributed by atoms with Gasteiger partial charge in [-0.25, -0.2) is 0 Å². The van der Waals surface area contributed by atoms with Crippen molar-refractivity contribution in [2.75, 3.05) is 13.7 Å². The number of Topliss-reactive ketones (excluding diaryl/α,β-unsaturated/α-hetero) is 1. The fraction of sp³-hybridized carbons (Fsp3) is 0.944. The van der Waals surface area contributed by atoms with Crippen molar-refractivity contribution in [3.05, 3.63) is 0 Å². The highest BCUT2D eigenvalue weighted by molar-refractivity contribution is 5.85. The molecule has 1 rings (SSSR count). The van der Waals surface area contributed by atoms with E-state index < -0.39 is 0 Å². The molecule has 0 heterocycles. The first-order chi connectivity index (χ1) is 9.67. The van der Waals surface area contributed by atoms with Crippen molar-refractivity contribution in [2.45, 2.75) is 84.5 Å². The predicted molar refractivity (Wildman–Crippen MR) is 84.9 cm³/mol. The minimum atomic E-state index is -0.170. The van der Waals surface area contributed by atoms with Gasteiger partial charge in [-0.1, -0.05) is 58.8 Å².